The van der Waals surface area contributed by atoms with Crippen LogP contribution in [0.2, 0.25) is 0 Å². The van der Waals surface area contributed by atoms with Crippen molar-refractivity contribution >= 4 is 16.6 Å². The molecule has 0 amide bonds. The van der Waals surface area contributed by atoms with Gasteiger partial charge >= 0.3 is 0 Å². The van der Waals surface area contributed by atoms with Crippen LogP contribution in [-0.4, -0.2) is 40.5 Å². The topological polar surface area (TPSA) is 44.0 Å². The Labute approximate surface area is 149 Å². The first-order valence-electron chi connectivity index (χ1n) is 9.26. The van der Waals surface area contributed by atoms with E-state index in [4.69, 9.17) is 0 Å². The molecule has 130 valence electrons. The Morgan fingerprint density at radius 1 is 1.20 bits per heavy atom. The molecule has 0 aliphatic carbocycles. The zero-order chi connectivity index (χ0) is 17.2. The summed E-state index contributed by atoms with van der Waals surface area (Å²) in [5.41, 5.74) is 5.74. The van der Waals surface area contributed by atoms with Crippen molar-refractivity contribution < 1.29 is 0 Å². The molecular weight excluding hydrogens is 308 g/mol. The lowest BCUT2D eigenvalue weighted by atomic mass is 10.0. The Kier molecular flexibility index (Phi) is 4.45. The molecule has 25 heavy (non-hydrogen) atoms. The minimum absolute atomic E-state index is 0.550. The molecule has 1 fully saturated rings. The molecule has 0 saturated carbocycles. The first-order valence-corrected chi connectivity index (χ1v) is 9.26. The molecular formula is C21H26N4. The second kappa shape index (κ2) is 6.89. The molecule has 2 aromatic heterocycles. The number of aromatic amines is 1. The van der Waals surface area contributed by atoms with Gasteiger partial charge in [0, 0.05) is 30.7 Å². The number of piperidine rings is 1. The summed E-state index contributed by atoms with van der Waals surface area (Å²) in [5, 5.41) is 5.04. The molecule has 4 rings (SSSR count). The standard InChI is InChI=1S/C21H26N4/c1-3-25-10-7-17(8-11-25)23-20-13-15(2)12-16-14-19(24-21(16)20)18-6-4-5-9-22-18/h4-6,9,12-14,17,23-24H,3,7-8,10-11H2,1-2H3. The van der Waals surface area contributed by atoms with Gasteiger partial charge in [-0.2, -0.15) is 0 Å². The van der Waals surface area contributed by atoms with Gasteiger partial charge in [0.05, 0.1) is 22.6 Å². The molecule has 0 bridgehead atoms. The normalized spacial score (nSPS) is 16.4. The minimum atomic E-state index is 0.550. The first kappa shape index (κ1) is 16.2. The van der Waals surface area contributed by atoms with Crippen molar-refractivity contribution in [3.63, 3.8) is 0 Å². The summed E-state index contributed by atoms with van der Waals surface area (Å²) in [5.74, 6) is 0. The van der Waals surface area contributed by atoms with Crippen LogP contribution in [0.3, 0.4) is 0 Å². The fourth-order valence-electron chi connectivity index (χ4n) is 3.78. The van der Waals surface area contributed by atoms with Crippen molar-refractivity contribution in [1.82, 2.24) is 14.9 Å². The fraction of sp³-hybridized carbons (Fsp3) is 0.381. The number of H-pyrrole nitrogens is 1. The third-order valence-corrected chi connectivity index (χ3v) is 5.21. The van der Waals surface area contributed by atoms with Crippen molar-refractivity contribution in [3.05, 3.63) is 48.2 Å². The van der Waals surface area contributed by atoms with Crippen LogP contribution in [-0.2, 0) is 0 Å². The fourth-order valence-corrected chi connectivity index (χ4v) is 3.78. The largest absolute Gasteiger partial charge is 0.381 e. The molecule has 0 atom stereocenters. The van der Waals surface area contributed by atoms with Crippen LogP contribution in [0.4, 0.5) is 5.69 Å². The SMILES string of the molecule is CCN1CCC(Nc2cc(C)cc3cc(-c4ccccn4)[nH]c23)CC1. The third-order valence-electron chi connectivity index (χ3n) is 5.21. The van der Waals surface area contributed by atoms with E-state index in [0.717, 1.165) is 17.9 Å². The van der Waals surface area contributed by atoms with Gasteiger partial charge in [-0.25, -0.2) is 0 Å². The molecule has 0 unspecified atom stereocenters. The maximum atomic E-state index is 4.47. The quantitative estimate of drug-likeness (QED) is 0.741. The Morgan fingerprint density at radius 3 is 2.76 bits per heavy atom. The third kappa shape index (κ3) is 3.40. The number of hydrogen-bond donors (Lipinski definition) is 2. The Balaban J connectivity index is 1.63. The highest BCUT2D eigenvalue weighted by Crippen LogP contribution is 2.30. The number of nitrogens with zero attached hydrogens (tertiary/aromatic N) is 2. The summed E-state index contributed by atoms with van der Waals surface area (Å²) < 4.78 is 0. The number of aromatic nitrogens is 2. The van der Waals surface area contributed by atoms with E-state index < -0.39 is 0 Å². The summed E-state index contributed by atoms with van der Waals surface area (Å²) >= 11 is 0. The highest BCUT2D eigenvalue weighted by Gasteiger charge is 2.19. The van der Waals surface area contributed by atoms with E-state index >= 15 is 0 Å². The Hall–Kier alpha value is -2.33. The van der Waals surface area contributed by atoms with Gasteiger partial charge in [-0.05, 0) is 62.2 Å². The van der Waals surface area contributed by atoms with Crippen molar-refractivity contribution in [1.29, 1.82) is 0 Å². The zero-order valence-electron chi connectivity index (χ0n) is 15.0. The molecule has 1 aliphatic heterocycles. The van der Waals surface area contributed by atoms with E-state index in [1.807, 2.05) is 24.4 Å². The van der Waals surface area contributed by atoms with Gasteiger partial charge in [0.1, 0.15) is 0 Å². The first-order chi connectivity index (χ1) is 12.2. The molecule has 3 heterocycles. The number of aryl methyl sites for hydroxylation is 1. The minimum Gasteiger partial charge on any atom is -0.381 e. The van der Waals surface area contributed by atoms with Crippen LogP contribution in [0.15, 0.2) is 42.6 Å². The summed E-state index contributed by atoms with van der Waals surface area (Å²) in [6.45, 7) is 7.94. The van der Waals surface area contributed by atoms with E-state index in [9.17, 15) is 0 Å². The van der Waals surface area contributed by atoms with Crippen LogP contribution >= 0.6 is 0 Å². The number of anilines is 1. The number of rotatable bonds is 4. The van der Waals surface area contributed by atoms with Crippen LogP contribution in [0.1, 0.15) is 25.3 Å². The number of fused-ring (bicyclic) bond motifs is 1. The molecule has 4 heteroatoms. The van der Waals surface area contributed by atoms with E-state index in [1.54, 1.807) is 0 Å². The van der Waals surface area contributed by atoms with E-state index in [0.29, 0.717) is 6.04 Å². The smallest absolute Gasteiger partial charge is 0.0864 e. The number of pyridine rings is 1. The molecule has 0 spiro atoms. The van der Waals surface area contributed by atoms with Gasteiger partial charge in [0.2, 0.25) is 0 Å². The second-order valence-electron chi connectivity index (χ2n) is 7.03. The monoisotopic (exact) mass is 334 g/mol. The number of benzene rings is 1. The van der Waals surface area contributed by atoms with Gasteiger partial charge < -0.3 is 15.2 Å². The number of hydrogen-bond acceptors (Lipinski definition) is 3. The van der Waals surface area contributed by atoms with Gasteiger partial charge in [-0.1, -0.05) is 13.0 Å². The number of likely N-dealkylation sites (tertiary alicyclic amines) is 1. The molecule has 4 nitrogen and oxygen atoms in total. The van der Waals surface area contributed by atoms with E-state index in [2.05, 4.69) is 52.2 Å². The van der Waals surface area contributed by atoms with Crippen molar-refractivity contribution in [2.45, 2.75) is 32.7 Å². The van der Waals surface area contributed by atoms with Crippen molar-refractivity contribution in [2.24, 2.45) is 0 Å². The average molecular weight is 334 g/mol. The molecule has 1 aromatic carbocycles. The van der Waals surface area contributed by atoms with E-state index in [1.165, 1.54) is 48.1 Å². The van der Waals surface area contributed by atoms with Crippen LogP contribution < -0.4 is 5.32 Å². The lowest BCUT2D eigenvalue weighted by molar-refractivity contribution is 0.229. The van der Waals surface area contributed by atoms with E-state index in [-0.39, 0.29) is 0 Å². The molecule has 2 N–H and O–H groups in total. The Morgan fingerprint density at radius 2 is 2.04 bits per heavy atom. The van der Waals surface area contributed by atoms with Crippen LogP contribution in [0, 0.1) is 6.92 Å². The predicted molar refractivity (Wildman–Crippen MR) is 105 cm³/mol. The highest BCUT2D eigenvalue weighted by molar-refractivity contribution is 5.95. The Bertz CT molecular complexity index is 845. The predicted octanol–water partition coefficient (Wildman–Crippen LogP) is 4.43. The van der Waals surface area contributed by atoms with Gasteiger partial charge in [0.15, 0.2) is 0 Å². The molecule has 0 radical (unpaired) electrons. The van der Waals surface area contributed by atoms with Crippen LogP contribution in [0.5, 0.6) is 0 Å². The molecule has 3 aromatic rings. The summed E-state index contributed by atoms with van der Waals surface area (Å²) in [6.07, 6.45) is 4.25. The summed E-state index contributed by atoms with van der Waals surface area (Å²) in [7, 11) is 0. The van der Waals surface area contributed by atoms with Gasteiger partial charge in [0.25, 0.3) is 0 Å². The second-order valence-corrected chi connectivity index (χ2v) is 7.03. The summed E-state index contributed by atoms with van der Waals surface area (Å²) in [4.78, 5) is 10.6. The molecule has 1 aliphatic rings. The van der Waals surface area contributed by atoms with Crippen molar-refractivity contribution in [3.8, 4) is 11.4 Å². The van der Waals surface area contributed by atoms with Crippen LogP contribution in [0.25, 0.3) is 22.3 Å². The maximum Gasteiger partial charge on any atom is 0.0864 e. The average Bonchev–Trinajstić information content (AvgIpc) is 3.07. The lowest BCUT2D eigenvalue weighted by Gasteiger charge is -2.32. The number of nitrogens with one attached hydrogen (secondary N) is 2. The van der Waals surface area contributed by atoms with Gasteiger partial charge in [-0.15, -0.1) is 0 Å². The lowest BCUT2D eigenvalue weighted by Crippen LogP contribution is -2.38. The molecule has 1 saturated heterocycles. The highest BCUT2D eigenvalue weighted by atomic mass is 15.1. The summed E-state index contributed by atoms with van der Waals surface area (Å²) in [6, 6.07) is 13.3. The van der Waals surface area contributed by atoms with Crippen molar-refractivity contribution in [2.75, 3.05) is 25.0 Å². The zero-order valence-corrected chi connectivity index (χ0v) is 15.0. The van der Waals surface area contributed by atoms with Gasteiger partial charge in [-0.3, -0.25) is 4.98 Å². The maximum absolute atomic E-state index is 4.47.